The SMILES string of the molecule is Cc1cccc(C)c1NN=Cc1ccc(-c2cccc(C(F)(F)F)c2)o1. The minimum atomic E-state index is -4.39. The van der Waals surface area contributed by atoms with E-state index in [2.05, 4.69) is 10.5 Å². The van der Waals surface area contributed by atoms with Crippen LogP contribution in [0.4, 0.5) is 18.9 Å². The van der Waals surface area contributed by atoms with Crippen LogP contribution >= 0.6 is 0 Å². The van der Waals surface area contributed by atoms with Gasteiger partial charge in [0.2, 0.25) is 0 Å². The second-order valence-corrected chi connectivity index (χ2v) is 5.92. The highest BCUT2D eigenvalue weighted by Gasteiger charge is 2.30. The second kappa shape index (κ2) is 7.07. The highest BCUT2D eigenvalue weighted by molar-refractivity contribution is 5.78. The maximum atomic E-state index is 12.8. The molecule has 0 saturated heterocycles. The fraction of sp³-hybridized carbons (Fsp3) is 0.150. The summed E-state index contributed by atoms with van der Waals surface area (Å²) < 4.78 is 44.0. The lowest BCUT2D eigenvalue weighted by Crippen LogP contribution is -2.04. The van der Waals surface area contributed by atoms with Gasteiger partial charge in [0, 0.05) is 5.56 Å². The summed E-state index contributed by atoms with van der Waals surface area (Å²) in [5.41, 5.74) is 5.65. The van der Waals surface area contributed by atoms with Gasteiger partial charge in [0.25, 0.3) is 0 Å². The Bertz CT molecular complexity index is 922. The molecular weight excluding hydrogens is 341 g/mol. The van der Waals surface area contributed by atoms with Crippen LogP contribution in [0.2, 0.25) is 0 Å². The first-order valence-electron chi connectivity index (χ1n) is 7.97. The lowest BCUT2D eigenvalue weighted by atomic mass is 10.1. The zero-order chi connectivity index (χ0) is 18.7. The van der Waals surface area contributed by atoms with Crippen molar-refractivity contribution in [2.45, 2.75) is 20.0 Å². The summed E-state index contributed by atoms with van der Waals surface area (Å²) in [6.07, 6.45) is -2.90. The molecule has 0 unspecified atom stereocenters. The highest BCUT2D eigenvalue weighted by Crippen LogP contribution is 2.32. The first-order chi connectivity index (χ1) is 12.3. The summed E-state index contributed by atoms with van der Waals surface area (Å²) in [7, 11) is 0. The van der Waals surface area contributed by atoms with Crippen LogP contribution < -0.4 is 5.43 Å². The van der Waals surface area contributed by atoms with Gasteiger partial charge in [-0.1, -0.05) is 30.3 Å². The van der Waals surface area contributed by atoms with E-state index in [1.54, 1.807) is 18.2 Å². The molecule has 0 atom stereocenters. The van der Waals surface area contributed by atoms with Gasteiger partial charge in [0.1, 0.15) is 11.5 Å². The lowest BCUT2D eigenvalue weighted by molar-refractivity contribution is -0.137. The van der Waals surface area contributed by atoms with Crippen molar-refractivity contribution in [2.75, 3.05) is 5.43 Å². The number of furan rings is 1. The Morgan fingerprint density at radius 3 is 2.35 bits per heavy atom. The summed E-state index contributed by atoms with van der Waals surface area (Å²) in [6, 6.07) is 14.2. The number of alkyl halides is 3. The van der Waals surface area contributed by atoms with E-state index in [4.69, 9.17) is 4.42 Å². The van der Waals surface area contributed by atoms with Crippen molar-refractivity contribution in [1.29, 1.82) is 0 Å². The van der Waals surface area contributed by atoms with E-state index in [0.29, 0.717) is 17.1 Å². The summed E-state index contributed by atoms with van der Waals surface area (Å²) in [5, 5.41) is 4.15. The van der Waals surface area contributed by atoms with Crippen LogP contribution in [-0.2, 0) is 6.18 Å². The number of halogens is 3. The van der Waals surface area contributed by atoms with E-state index in [1.807, 2.05) is 32.0 Å². The molecule has 6 heteroatoms. The molecule has 1 N–H and O–H groups in total. The standard InChI is InChI=1S/C20H17F3N2O/c1-13-5-3-6-14(2)19(13)25-24-12-17-9-10-18(26-17)15-7-4-8-16(11-15)20(21,22)23/h3-12,25H,1-2H3. The fourth-order valence-electron chi connectivity index (χ4n) is 2.58. The van der Waals surface area contributed by atoms with E-state index in [-0.39, 0.29) is 0 Å². The Hall–Kier alpha value is -3.02. The van der Waals surface area contributed by atoms with Crippen molar-refractivity contribution in [2.24, 2.45) is 5.10 Å². The Kier molecular flexibility index (Phi) is 4.84. The molecule has 0 spiro atoms. The molecule has 1 heterocycles. The van der Waals surface area contributed by atoms with Crippen molar-refractivity contribution in [3.8, 4) is 11.3 Å². The van der Waals surface area contributed by atoms with Crippen LogP contribution in [0.15, 0.2) is 64.1 Å². The minimum absolute atomic E-state index is 0.352. The molecule has 0 radical (unpaired) electrons. The summed E-state index contributed by atoms with van der Waals surface area (Å²) in [6.45, 7) is 3.95. The van der Waals surface area contributed by atoms with Gasteiger partial charge in [-0.3, -0.25) is 5.43 Å². The number of para-hydroxylation sites is 1. The molecule has 26 heavy (non-hydrogen) atoms. The highest BCUT2D eigenvalue weighted by atomic mass is 19.4. The Morgan fingerprint density at radius 2 is 1.65 bits per heavy atom. The number of hydrogen-bond donors (Lipinski definition) is 1. The number of anilines is 1. The normalized spacial score (nSPS) is 11.9. The molecule has 0 saturated carbocycles. The van der Waals surface area contributed by atoms with Gasteiger partial charge in [-0.2, -0.15) is 18.3 Å². The molecule has 3 nitrogen and oxygen atoms in total. The number of nitrogens with one attached hydrogen (secondary N) is 1. The molecule has 0 aliphatic heterocycles. The first kappa shape index (κ1) is 17.8. The van der Waals surface area contributed by atoms with E-state index < -0.39 is 11.7 Å². The van der Waals surface area contributed by atoms with Crippen molar-refractivity contribution in [3.05, 3.63) is 77.0 Å². The van der Waals surface area contributed by atoms with Crippen molar-refractivity contribution in [1.82, 2.24) is 0 Å². The Morgan fingerprint density at radius 1 is 0.962 bits per heavy atom. The predicted molar refractivity (Wildman–Crippen MR) is 96.3 cm³/mol. The average Bonchev–Trinajstić information content (AvgIpc) is 3.06. The Balaban J connectivity index is 1.76. The third-order valence-electron chi connectivity index (χ3n) is 3.95. The van der Waals surface area contributed by atoms with E-state index in [0.717, 1.165) is 28.9 Å². The molecule has 134 valence electrons. The van der Waals surface area contributed by atoms with Crippen LogP contribution in [-0.4, -0.2) is 6.21 Å². The molecule has 1 aromatic heterocycles. The molecule has 3 rings (SSSR count). The summed E-state index contributed by atoms with van der Waals surface area (Å²) >= 11 is 0. The van der Waals surface area contributed by atoms with Gasteiger partial charge in [-0.15, -0.1) is 0 Å². The monoisotopic (exact) mass is 358 g/mol. The van der Waals surface area contributed by atoms with Crippen LogP contribution in [0.5, 0.6) is 0 Å². The molecule has 0 aliphatic rings. The number of hydrazone groups is 1. The smallest absolute Gasteiger partial charge is 0.416 e. The third kappa shape index (κ3) is 3.96. The summed E-state index contributed by atoms with van der Waals surface area (Å²) in [5.74, 6) is 0.792. The molecule has 3 aromatic rings. The van der Waals surface area contributed by atoms with E-state index in [9.17, 15) is 13.2 Å². The second-order valence-electron chi connectivity index (χ2n) is 5.92. The van der Waals surface area contributed by atoms with Gasteiger partial charge >= 0.3 is 6.18 Å². The van der Waals surface area contributed by atoms with E-state index >= 15 is 0 Å². The number of aryl methyl sites for hydroxylation is 2. The average molecular weight is 358 g/mol. The molecule has 0 aliphatic carbocycles. The molecule has 0 bridgehead atoms. The van der Waals surface area contributed by atoms with Crippen molar-refractivity contribution < 1.29 is 17.6 Å². The van der Waals surface area contributed by atoms with Crippen LogP contribution in [0.25, 0.3) is 11.3 Å². The number of nitrogens with zero attached hydrogens (tertiary/aromatic N) is 1. The van der Waals surface area contributed by atoms with Gasteiger partial charge in [0.05, 0.1) is 17.5 Å². The van der Waals surface area contributed by atoms with Crippen molar-refractivity contribution in [3.63, 3.8) is 0 Å². The van der Waals surface area contributed by atoms with E-state index in [1.165, 1.54) is 12.3 Å². The summed E-state index contributed by atoms with van der Waals surface area (Å²) in [4.78, 5) is 0. The van der Waals surface area contributed by atoms with Gasteiger partial charge in [-0.05, 0) is 49.2 Å². The molecular formula is C20H17F3N2O. The van der Waals surface area contributed by atoms with Gasteiger partial charge < -0.3 is 4.42 Å². The van der Waals surface area contributed by atoms with Crippen LogP contribution in [0, 0.1) is 13.8 Å². The fourth-order valence-corrected chi connectivity index (χ4v) is 2.58. The molecule has 2 aromatic carbocycles. The first-order valence-corrected chi connectivity index (χ1v) is 7.97. The van der Waals surface area contributed by atoms with Gasteiger partial charge in [0.15, 0.2) is 0 Å². The maximum Gasteiger partial charge on any atom is 0.416 e. The lowest BCUT2D eigenvalue weighted by Gasteiger charge is -2.07. The topological polar surface area (TPSA) is 37.5 Å². The Labute approximate surface area is 149 Å². The molecule has 0 fully saturated rings. The van der Waals surface area contributed by atoms with Crippen molar-refractivity contribution >= 4 is 11.9 Å². The van der Waals surface area contributed by atoms with Gasteiger partial charge in [-0.25, -0.2) is 0 Å². The quantitative estimate of drug-likeness (QED) is 0.457. The zero-order valence-electron chi connectivity index (χ0n) is 14.3. The van der Waals surface area contributed by atoms with Crippen LogP contribution in [0.1, 0.15) is 22.5 Å². The predicted octanol–water partition coefficient (Wildman–Crippen LogP) is 6.03. The number of benzene rings is 2. The number of rotatable bonds is 4. The number of hydrogen-bond acceptors (Lipinski definition) is 3. The van der Waals surface area contributed by atoms with Crippen LogP contribution in [0.3, 0.4) is 0 Å². The zero-order valence-corrected chi connectivity index (χ0v) is 14.3. The minimum Gasteiger partial charge on any atom is -0.455 e. The maximum absolute atomic E-state index is 12.8. The molecule has 0 amide bonds. The largest absolute Gasteiger partial charge is 0.455 e. The third-order valence-corrected chi connectivity index (χ3v) is 3.95.